The van der Waals surface area contributed by atoms with Gasteiger partial charge in [-0.2, -0.15) is 5.10 Å². The number of aromatic amines is 1. The van der Waals surface area contributed by atoms with Crippen molar-refractivity contribution in [1.29, 1.82) is 0 Å². The zero-order chi connectivity index (χ0) is 13.8. The van der Waals surface area contributed by atoms with Crippen molar-refractivity contribution < 1.29 is 4.74 Å². The van der Waals surface area contributed by atoms with Crippen molar-refractivity contribution in [2.24, 2.45) is 0 Å². The minimum absolute atomic E-state index is 0.289. The molecule has 0 radical (unpaired) electrons. The summed E-state index contributed by atoms with van der Waals surface area (Å²) in [5.41, 5.74) is 6.91. The Morgan fingerprint density at radius 2 is 2.00 bits per heavy atom. The molecule has 0 aliphatic carbocycles. The fourth-order valence-electron chi connectivity index (χ4n) is 1.60. The van der Waals surface area contributed by atoms with Crippen molar-refractivity contribution in [3.63, 3.8) is 0 Å². The Morgan fingerprint density at radius 3 is 2.75 bits per heavy atom. The first-order chi connectivity index (χ1) is 9.81. The Labute approximate surface area is 114 Å². The molecule has 0 saturated carbocycles. The number of nitrogens with zero attached hydrogens (tertiary/aromatic N) is 4. The van der Waals surface area contributed by atoms with Crippen molar-refractivity contribution in [2.45, 2.75) is 6.61 Å². The molecule has 7 heteroatoms. The number of nitrogen functional groups attached to an aromatic ring is 1. The lowest BCUT2D eigenvalue weighted by molar-refractivity contribution is 0.296. The van der Waals surface area contributed by atoms with E-state index in [4.69, 9.17) is 10.5 Å². The van der Waals surface area contributed by atoms with Gasteiger partial charge in [-0.05, 0) is 24.3 Å². The molecule has 1 aromatic carbocycles. The van der Waals surface area contributed by atoms with Gasteiger partial charge in [0.1, 0.15) is 18.1 Å². The average molecular weight is 268 g/mol. The molecule has 0 aliphatic rings. The van der Waals surface area contributed by atoms with Gasteiger partial charge in [0.15, 0.2) is 5.82 Å². The minimum Gasteiger partial charge on any atom is -0.486 e. The zero-order valence-electron chi connectivity index (χ0n) is 10.5. The Hall–Kier alpha value is -2.96. The predicted octanol–water partition coefficient (Wildman–Crippen LogP) is 1.42. The Kier molecular flexibility index (Phi) is 3.24. The predicted molar refractivity (Wildman–Crippen MR) is 72.6 cm³/mol. The van der Waals surface area contributed by atoms with E-state index in [2.05, 4.69) is 25.1 Å². The summed E-state index contributed by atoms with van der Waals surface area (Å²) >= 11 is 0. The molecule has 2 aromatic heterocycles. The maximum Gasteiger partial charge on any atom is 0.201 e. The number of nitrogens with two attached hydrogens (primary N) is 1. The number of aromatic nitrogens is 5. The van der Waals surface area contributed by atoms with Gasteiger partial charge in [0, 0.05) is 18.1 Å². The van der Waals surface area contributed by atoms with E-state index in [1.54, 1.807) is 42.9 Å². The van der Waals surface area contributed by atoms with Crippen molar-refractivity contribution in [3.05, 3.63) is 48.7 Å². The highest BCUT2D eigenvalue weighted by atomic mass is 16.5. The van der Waals surface area contributed by atoms with Crippen LogP contribution in [0, 0.1) is 0 Å². The Morgan fingerprint density at radius 1 is 1.15 bits per heavy atom. The largest absolute Gasteiger partial charge is 0.486 e. The van der Waals surface area contributed by atoms with Gasteiger partial charge in [0.05, 0.1) is 6.20 Å². The number of hydrogen-bond donors (Lipinski definition) is 2. The van der Waals surface area contributed by atoms with Gasteiger partial charge in [0.25, 0.3) is 0 Å². The average Bonchev–Trinajstić information content (AvgIpc) is 2.97. The number of nitrogens with one attached hydrogen (secondary N) is 1. The van der Waals surface area contributed by atoms with Gasteiger partial charge in [-0.3, -0.25) is 10.1 Å². The van der Waals surface area contributed by atoms with E-state index in [9.17, 15) is 0 Å². The minimum atomic E-state index is 0.289. The van der Waals surface area contributed by atoms with Crippen LogP contribution in [0.4, 0.5) is 5.69 Å². The second-order valence-electron chi connectivity index (χ2n) is 4.05. The molecule has 0 unspecified atom stereocenters. The molecular formula is C13H12N6O. The summed E-state index contributed by atoms with van der Waals surface area (Å²) in [6, 6.07) is 7.16. The first-order valence-corrected chi connectivity index (χ1v) is 5.97. The van der Waals surface area contributed by atoms with Crippen LogP contribution in [-0.2, 0) is 6.61 Å². The third kappa shape index (κ3) is 2.72. The number of rotatable bonds is 4. The summed E-state index contributed by atoms with van der Waals surface area (Å²) in [6.45, 7) is 0.289. The lowest BCUT2D eigenvalue weighted by Gasteiger charge is -2.03. The van der Waals surface area contributed by atoms with Crippen LogP contribution in [0.3, 0.4) is 0 Å². The Bertz CT molecular complexity index is 680. The van der Waals surface area contributed by atoms with E-state index >= 15 is 0 Å². The molecule has 0 saturated heterocycles. The van der Waals surface area contributed by atoms with Crippen molar-refractivity contribution >= 4 is 5.69 Å². The fraction of sp³-hybridized carbons (Fsp3) is 0.0769. The topological polar surface area (TPSA) is 103 Å². The van der Waals surface area contributed by atoms with Gasteiger partial charge in [-0.15, -0.1) is 0 Å². The summed E-state index contributed by atoms with van der Waals surface area (Å²) in [7, 11) is 0. The van der Waals surface area contributed by atoms with Crippen molar-refractivity contribution in [1.82, 2.24) is 25.1 Å². The van der Waals surface area contributed by atoms with Crippen LogP contribution in [0.1, 0.15) is 5.82 Å². The smallest absolute Gasteiger partial charge is 0.201 e. The van der Waals surface area contributed by atoms with Crippen LogP contribution < -0.4 is 10.5 Å². The van der Waals surface area contributed by atoms with Gasteiger partial charge in [-0.1, -0.05) is 0 Å². The number of hydrogen-bond acceptors (Lipinski definition) is 6. The highest BCUT2D eigenvalue weighted by molar-refractivity contribution is 5.45. The summed E-state index contributed by atoms with van der Waals surface area (Å²) < 4.78 is 5.57. The SMILES string of the molecule is Nc1ccc(OCc2nc(-c3cnccn3)n[nH]2)cc1. The van der Waals surface area contributed by atoms with Crippen LogP contribution in [0.5, 0.6) is 5.75 Å². The molecule has 0 atom stereocenters. The van der Waals surface area contributed by atoms with Crippen molar-refractivity contribution in [3.8, 4) is 17.3 Å². The quantitative estimate of drug-likeness (QED) is 0.694. The number of benzene rings is 1. The standard InChI is InChI=1S/C13H12N6O/c14-9-1-3-10(4-2-9)20-8-12-17-13(19-18-12)11-7-15-5-6-16-11/h1-7H,8,14H2,(H,17,18,19). The first-order valence-electron chi connectivity index (χ1n) is 5.97. The number of ether oxygens (including phenoxy) is 1. The third-order valence-corrected chi connectivity index (χ3v) is 2.58. The lowest BCUT2D eigenvalue weighted by atomic mass is 10.3. The molecule has 0 fully saturated rings. The van der Waals surface area contributed by atoms with E-state index in [-0.39, 0.29) is 6.61 Å². The molecule has 3 N–H and O–H groups in total. The van der Waals surface area contributed by atoms with Gasteiger partial charge < -0.3 is 10.5 Å². The molecule has 3 aromatic rings. The molecule has 100 valence electrons. The van der Waals surface area contributed by atoms with Crippen molar-refractivity contribution in [2.75, 3.05) is 5.73 Å². The molecule has 0 aliphatic heterocycles. The Balaban J connectivity index is 1.67. The molecular weight excluding hydrogens is 256 g/mol. The van der Waals surface area contributed by atoms with E-state index in [0.717, 1.165) is 5.75 Å². The highest BCUT2D eigenvalue weighted by Crippen LogP contribution is 2.15. The normalized spacial score (nSPS) is 10.4. The van der Waals surface area contributed by atoms with E-state index in [1.807, 2.05) is 0 Å². The van der Waals surface area contributed by atoms with Crippen LogP contribution in [0.25, 0.3) is 11.5 Å². The number of H-pyrrole nitrogens is 1. The van der Waals surface area contributed by atoms with Crippen LogP contribution in [0.2, 0.25) is 0 Å². The van der Waals surface area contributed by atoms with Gasteiger partial charge in [0.2, 0.25) is 5.82 Å². The number of anilines is 1. The highest BCUT2D eigenvalue weighted by Gasteiger charge is 2.07. The summed E-state index contributed by atoms with van der Waals surface area (Å²) in [5, 5.41) is 6.88. The van der Waals surface area contributed by atoms with Gasteiger partial charge in [-0.25, -0.2) is 9.97 Å². The molecule has 3 rings (SSSR count). The fourth-order valence-corrected chi connectivity index (χ4v) is 1.60. The van der Waals surface area contributed by atoms with Crippen LogP contribution in [0.15, 0.2) is 42.9 Å². The second kappa shape index (κ2) is 5.35. The monoisotopic (exact) mass is 268 g/mol. The maximum atomic E-state index is 5.60. The molecule has 7 nitrogen and oxygen atoms in total. The lowest BCUT2D eigenvalue weighted by Crippen LogP contribution is -1.98. The van der Waals surface area contributed by atoms with Crippen LogP contribution >= 0.6 is 0 Å². The van der Waals surface area contributed by atoms with E-state index in [1.165, 1.54) is 0 Å². The molecule has 0 amide bonds. The molecule has 0 bridgehead atoms. The second-order valence-corrected chi connectivity index (χ2v) is 4.05. The van der Waals surface area contributed by atoms with E-state index < -0.39 is 0 Å². The van der Waals surface area contributed by atoms with E-state index in [0.29, 0.717) is 23.0 Å². The first kappa shape index (κ1) is 12.1. The summed E-state index contributed by atoms with van der Waals surface area (Å²) in [6.07, 6.45) is 4.80. The summed E-state index contributed by atoms with van der Waals surface area (Å²) in [4.78, 5) is 12.4. The van der Waals surface area contributed by atoms with Crippen LogP contribution in [-0.4, -0.2) is 25.1 Å². The zero-order valence-corrected chi connectivity index (χ0v) is 10.5. The maximum absolute atomic E-state index is 5.60. The van der Waals surface area contributed by atoms with Gasteiger partial charge >= 0.3 is 0 Å². The third-order valence-electron chi connectivity index (χ3n) is 2.58. The summed E-state index contributed by atoms with van der Waals surface area (Å²) in [5.74, 6) is 1.83. The molecule has 2 heterocycles. The molecule has 0 spiro atoms. The molecule has 20 heavy (non-hydrogen) atoms.